The van der Waals surface area contributed by atoms with E-state index in [-0.39, 0.29) is 53.1 Å². The van der Waals surface area contributed by atoms with Crippen LogP contribution in [0.5, 0.6) is 0 Å². The van der Waals surface area contributed by atoms with Crippen LogP contribution in [0.25, 0.3) is 0 Å². The van der Waals surface area contributed by atoms with Crippen molar-refractivity contribution in [2.45, 2.75) is 89.8 Å². The Kier molecular flexibility index (Phi) is 17.2. The van der Waals surface area contributed by atoms with Crippen molar-refractivity contribution < 1.29 is 42.9 Å². The van der Waals surface area contributed by atoms with Crippen molar-refractivity contribution in [1.29, 1.82) is 0 Å². The van der Waals surface area contributed by atoms with Gasteiger partial charge in [-0.1, -0.05) is 124 Å². The van der Waals surface area contributed by atoms with Crippen LogP contribution >= 0.6 is 18.6 Å². The number of non-ortho nitro benzene ring substituents is 2. The summed E-state index contributed by atoms with van der Waals surface area (Å²) in [6.45, 7) is 8.86. The van der Waals surface area contributed by atoms with Crippen molar-refractivity contribution in [2.24, 2.45) is 5.92 Å². The molecule has 1 heterocycles. The van der Waals surface area contributed by atoms with Crippen LogP contribution in [0.15, 0.2) is 140 Å². The average molecular weight is 993 g/mol. The van der Waals surface area contributed by atoms with E-state index in [9.17, 15) is 29.8 Å². The van der Waals surface area contributed by atoms with Gasteiger partial charge in [-0.3, -0.25) is 34.7 Å². The number of hydrogen-bond donors (Lipinski definition) is 1. The molecule has 69 heavy (non-hydrogen) atoms. The number of carbonyl (C=O) groups is 4. The molecule has 0 radical (unpaired) electrons. The summed E-state index contributed by atoms with van der Waals surface area (Å²) in [6.07, 6.45) is -0.419. The van der Waals surface area contributed by atoms with Crippen LogP contribution in [-0.2, 0) is 41.5 Å². The maximum atomic E-state index is 15.4. The van der Waals surface area contributed by atoms with E-state index in [1.54, 1.807) is 0 Å². The third-order valence-electron chi connectivity index (χ3n) is 12.4. The van der Waals surface area contributed by atoms with Crippen LogP contribution in [0.4, 0.5) is 16.2 Å². The molecule has 0 bridgehead atoms. The van der Waals surface area contributed by atoms with Gasteiger partial charge in [0.05, 0.1) is 21.9 Å². The number of carbonyl (C=O) groups excluding carboxylic acids is 4. The van der Waals surface area contributed by atoms with Crippen molar-refractivity contribution in [3.63, 3.8) is 0 Å². The Balaban J connectivity index is 1.37. The second-order valence-corrected chi connectivity index (χ2v) is 27.3. The van der Waals surface area contributed by atoms with Gasteiger partial charge in [0.1, 0.15) is 24.0 Å². The number of benzene rings is 5. The maximum Gasteiger partial charge on any atom is 0.407 e. The lowest BCUT2D eigenvalue weighted by molar-refractivity contribution is -0.385. The number of alkyl carbamates (subject to hydrolysis) is 1. The lowest BCUT2D eigenvalue weighted by atomic mass is 9.93. The lowest BCUT2D eigenvalue weighted by Crippen LogP contribution is -2.68. The molecule has 0 spiro atoms. The highest BCUT2D eigenvalue weighted by Gasteiger charge is 2.58. The van der Waals surface area contributed by atoms with Crippen molar-refractivity contribution in [3.8, 4) is 0 Å². The fraction of sp³-hybridized carbons (Fsp3) is 0.314. The molecule has 3 atom stereocenters. The van der Waals surface area contributed by atoms with Gasteiger partial charge in [0, 0.05) is 44.1 Å². The molecule has 0 aliphatic carbocycles. The number of rotatable bonds is 20. The molecule has 0 saturated carbocycles. The first kappa shape index (κ1) is 52.0. The number of nitrogens with zero attached hydrogens (tertiary/aromatic N) is 3. The Hall–Kier alpha value is -6.39. The van der Waals surface area contributed by atoms with Gasteiger partial charge in [0.25, 0.3) is 11.4 Å². The Morgan fingerprint density at radius 2 is 1.17 bits per heavy atom. The number of thioether (sulfide) groups is 1. The Labute approximate surface area is 407 Å². The number of likely N-dealkylation sites (tertiary alicyclic amines) is 1. The summed E-state index contributed by atoms with van der Waals surface area (Å²) in [5.74, 6) is -2.01. The number of nitrogens with one attached hydrogen (secondary N) is 1. The summed E-state index contributed by atoms with van der Waals surface area (Å²) in [5, 5.41) is 26.1. The molecule has 15 nitrogen and oxygen atoms in total. The van der Waals surface area contributed by atoms with E-state index in [1.807, 2.05) is 97.9 Å². The van der Waals surface area contributed by atoms with Gasteiger partial charge < -0.3 is 19.2 Å². The third-order valence-corrected chi connectivity index (χ3v) is 22.4. The molecule has 2 amide bonds. The highest BCUT2D eigenvalue weighted by molar-refractivity contribution is 8.14. The number of unbranched alkanes of at least 4 members (excludes halogenated alkanes) is 1. The van der Waals surface area contributed by atoms with Crippen molar-refractivity contribution in [1.82, 2.24) is 10.2 Å². The second-order valence-electron chi connectivity index (χ2n) is 18.1. The molecule has 1 aliphatic rings. The summed E-state index contributed by atoms with van der Waals surface area (Å²) >= 11 is 0.980. The van der Waals surface area contributed by atoms with Crippen LogP contribution in [0.3, 0.4) is 0 Å². The molecule has 1 N–H and O–H groups in total. The molecular formula is C51H57N4O11PSSi. The molecule has 1 fully saturated rings. The van der Waals surface area contributed by atoms with E-state index >= 15 is 9.59 Å². The summed E-state index contributed by atoms with van der Waals surface area (Å²) in [6, 6.07) is 40.0. The minimum absolute atomic E-state index is 0.0731. The molecule has 6 rings (SSSR count). The second kappa shape index (κ2) is 22.8. The summed E-state index contributed by atoms with van der Waals surface area (Å²) in [7, 11) is -2.48. The van der Waals surface area contributed by atoms with Crippen LogP contribution in [0.1, 0.15) is 58.1 Å². The Bertz CT molecular complexity index is 2580. The van der Waals surface area contributed by atoms with E-state index in [2.05, 4.69) is 39.2 Å². The van der Waals surface area contributed by atoms with Crippen LogP contribution in [0.2, 0.25) is 18.1 Å². The van der Waals surface area contributed by atoms with E-state index < -0.39 is 60.4 Å². The van der Waals surface area contributed by atoms with Gasteiger partial charge in [-0.2, -0.15) is 0 Å². The van der Waals surface area contributed by atoms with Gasteiger partial charge in [0.2, 0.25) is 5.91 Å². The Morgan fingerprint density at radius 3 is 1.61 bits per heavy atom. The topological polar surface area (TPSA) is 198 Å². The number of nitro groups is 2. The van der Waals surface area contributed by atoms with Gasteiger partial charge in [-0.25, -0.2) is 9.59 Å². The SMILES string of the molecule is C[C@@H](O[Si](C)(C)C(C)(C)C)[C@@H]1C(=O)N(C(C(=O)OCc2ccc([N+](=O)[O-])cc2)=P(c2ccccc2)(c2ccccc2)c2ccccc2)[C@@H]1SC(=O)CCCCNC(=O)OCc1ccc([N+](=O)[O-])cc1. The first-order valence-corrected chi connectivity index (χ1v) is 28.1. The summed E-state index contributed by atoms with van der Waals surface area (Å²) in [5.41, 5.74) is 0.963. The van der Waals surface area contributed by atoms with Crippen LogP contribution in [0, 0.1) is 26.1 Å². The van der Waals surface area contributed by atoms with E-state index in [4.69, 9.17) is 13.9 Å². The fourth-order valence-corrected chi connectivity index (χ4v) is 15.0. The first-order chi connectivity index (χ1) is 32.8. The van der Waals surface area contributed by atoms with Crippen LogP contribution < -0.4 is 21.2 Å². The number of ether oxygens (including phenoxy) is 2. The normalized spacial score (nSPS) is 15.3. The van der Waals surface area contributed by atoms with E-state index in [0.717, 1.165) is 27.7 Å². The molecule has 5 aromatic rings. The molecule has 18 heteroatoms. The van der Waals surface area contributed by atoms with Gasteiger partial charge in [0.15, 0.2) is 13.4 Å². The van der Waals surface area contributed by atoms with E-state index in [1.165, 1.54) is 53.4 Å². The molecule has 0 unspecified atom stereocenters. The van der Waals surface area contributed by atoms with E-state index in [0.29, 0.717) is 24.0 Å². The summed E-state index contributed by atoms with van der Waals surface area (Å²) < 4.78 is 18.3. The molecular weight excluding hydrogens is 936 g/mol. The quantitative estimate of drug-likeness (QED) is 0.0148. The fourth-order valence-electron chi connectivity index (χ4n) is 7.77. The van der Waals surface area contributed by atoms with Crippen molar-refractivity contribution in [2.75, 3.05) is 6.54 Å². The lowest BCUT2D eigenvalue weighted by Gasteiger charge is -2.52. The zero-order chi connectivity index (χ0) is 49.9. The minimum Gasteiger partial charge on any atom is -0.456 e. The predicted molar refractivity (Wildman–Crippen MR) is 273 cm³/mol. The maximum absolute atomic E-state index is 15.4. The zero-order valence-corrected chi connectivity index (χ0v) is 42.2. The van der Waals surface area contributed by atoms with Gasteiger partial charge >= 0.3 is 12.1 Å². The van der Waals surface area contributed by atoms with Crippen LogP contribution in [-0.4, -0.2) is 69.6 Å². The number of nitro benzene ring substituents is 2. The molecule has 5 aromatic carbocycles. The van der Waals surface area contributed by atoms with Gasteiger partial charge in [-0.05, 0) is 89.2 Å². The summed E-state index contributed by atoms with van der Waals surface area (Å²) in [4.78, 5) is 80.3. The number of amides is 2. The predicted octanol–water partition coefficient (Wildman–Crippen LogP) is 9.22. The third kappa shape index (κ3) is 12.3. The van der Waals surface area contributed by atoms with Gasteiger partial charge in [-0.15, -0.1) is 0 Å². The number of β-lactam (4-membered cyclic amide) rings is 1. The monoisotopic (exact) mass is 992 g/mol. The number of esters is 1. The molecule has 362 valence electrons. The molecule has 1 aliphatic heterocycles. The highest BCUT2D eigenvalue weighted by Crippen LogP contribution is 2.52. The minimum atomic E-state index is -3.38. The standard InChI is InChI=1S/C51H57N4O11PSSi/c1-36(66-69(5,6)51(2,3)4)45-46(57)53(48(45)68-44(56)24-16-17-33-52-50(59)65-35-38-27-31-40(32-28-38)55(62)63)47(49(58)64-34-37-25-29-39(30-26-37)54(60)61)67(41-18-10-7-11-19-41,42-20-12-8-13-21-42)43-22-14-9-15-23-43/h7-15,18-23,25-32,36,45,48H,16-17,24,33-35H2,1-6H3,(H,52,59)/t36-,45-,48-/m1/s1. The van der Waals surface area contributed by atoms with Crippen molar-refractivity contribution in [3.05, 3.63) is 171 Å². The highest BCUT2D eigenvalue weighted by atomic mass is 32.2. The molecule has 1 saturated heterocycles. The smallest absolute Gasteiger partial charge is 0.407 e. The largest absolute Gasteiger partial charge is 0.456 e. The number of hydrogen-bond acceptors (Lipinski definition) is 12. The van der Waals surface area contributed by atoms with Crippen molar-refractivity contribution >= 4 is 82.8 Å². The zero-order valence-electron chi connectivity index (χ0n) is 39.4. The average Bonchev–Trinajstić information content (AvgIpc) is 3.33. The first-order valence-electron chi connectivity index (χ1n) is 22.5. The molecule has 0 aromatic heterocycles. The Morgan fingerprint density at radius 1 is 0.725 bits per heavy atom.